The van der Waals surface area contributed by atoms with Gasteiger partial charge < -0.3 is 20.7 Å². The zero-order chi connectivity index (χ0) is 21.3. The first-order valence-electron chi connectivity index (χ1n) is 10.6. The van der Waals surface area contributed by atoms with Crippen LogP contribution in [0.5, 0.6) is 5.75 Å². The van der Waals surface area contributed by atoms with Gasteiger partial charge in [0.05, 0.1) is 7.11 Å². The van der Waals surface area contributed by atoms with Gasteiger partial charge in [-0.2, -0.15) is 0 Å². The van der Waals surface area contributed by atoms with Crippen molar-refractivity contribution in [2.45, 2.75) is 39.2 Å². The quantitative estimate of drug-likeness (QED) is 0.268. The number of hydrogen-bond donors (Lipinski definition) is 3. The summed E-state index contributed by atoms with van der Waals surface area (Å²) in [4.78, 5) is 16.4. The lowest BCUT2D eigenvalue weighted by Crippen LogP contribution is -2.37. The summed E-state index contributed by atoms with van der Waals surface area (Å²) in [5.74, 6) is 1.98. The number of halogens is 1. The summed E-state index contributed by atoms with van der Waals surface area (Å²) in [7, 11) is 3.46. The molecule has 1 aliphatic rings. The third kappa shape index (κ3) is 7.41. The van der Waals surface area contributed by atoms with Gasteiger partial charge in [-0.3, -0.25) is 9.79 Å². The Labute approximate surface area is 202 Å². The van der Waals surface area contributed by atoms with Crippen molar-refractivity contribution in [2.24, 2.45) is 10.9 Å². The van der Waals surface area contributed by atoms with Crippen LogP contribution in [0.2, 0.25) is 0 Å². The molecule has 0 saturated heterocycles. The van der Waals surface area contributed by atoms with E-state index in [1.807, 2.05) is 31.2 Å². The molecule has 31 heavy (non-hydrogen) atoms. The SMILES string of the molecule is CN=C(NCCc1ccc(C)c(OC)c1)NCc1cccc(NC(=O)C2CCC2)c1.I. The number of aliphatic imine (C=N–C) groups is 1. The lowest BCUT2D eigenvalue weighted by molar-refractivity contribution is -0.122. The van der Waals surface area contributed by atoms with Gasteiger partial charge in [0.25, 0.3) is 0 Å². The molecule has 0 bridgehead atoms. The highest BCUT2D eigenvalue weighted by Gasteiger charge is 2.25. The predicted octanol–water partition coefficient (Wildman–Crippen LogP) is 4.27. The number of nitrogens with zero attached hydrogens (tertiary/aromatic N) is 1. The Morgan fingerprint density at radius 2 is 1.94 bits per heavy atom. The zero-order valence-corrected chi connectivity index (χ0v) is 20.9. The average Bonchev–Trinajstić information content (AvgIpc) is 2.70. The molecule has 2 aromatic rings. The van der Waals surface area contributed by atoms with Crippen LogP contribution in [-0.2, 0) is 17.8 Å². The van der Waals surface area contributed by atoms with Crippen molar-refractivity contribution in [3.05, 3.63) is 59.2 Å². The van der Waals surface area contributed by atoms with Crippen molar-refractivity contribution in [3.8, 4) is 5.75 Å². The average molecular weight is 536 g/mol. The predicted molar refractivity (Wildman–Crippen MR) is 137 cm³/mol. The molecule has 3 N–H and O–H groups in total. The van der Waals surface area contributed by atoms with Gasteiger partial charge in [0, 0.05) is 31.7 Å². The first kappa shape index (κ1) is 25.0. The number of guanidine groups is 1. The van der Waals surface area contributed by atoms with Crippen molar-refractivity contribution in [3.63, 3.8) is 0 Å². The Kier molecular flexibility index (Phi) is 10.1. The van der Waals surface area contributed by atoms with Gasteiger partial charge in [-0.05, 0) is 61.1 Å². The summed E-state index contributed by atoms with van der Waals surface area (Å²) in [6.07, 6.45) is 4.04. The molecule has 3 rings (SSSR count). The number of methoxy groups -OCH3 is 1. The fourth-order valence-electron chi connectivity index (χ4n) is 3.43. The van der Waals surface area contributed by atoms with E-state index in [9.17, 15) is 4.79 Å². The summed E-state index contributed by atoms with van der Waals surface area (Å²) >= 11 is 0. The van der Waals surface area contributed by atoms with Crippen molar-refractivity contribution in [1.29, 1.82) is 0 Å². The van der Waals surface area contributed by atoms with E-state index >= 15 is 0 Å². The molecule has 168 valence electrons. The number of carbonyl (C=O) groups excluding carboxylic acids is 1. The highest BCUT2D eigenvalue weighted by molar-refractivity contribution is 14.0. The van der Waals surface area contributed by atoms with Crippen LogP contribution >= 0.6 is 24.0 Å². The summed E-state index contributed by atoms with van der Waals surface area (Å²) in [5.41, 5.74) is 4.29. The molecular weight excluding hydrogens is 503 g/mol. The van der Waals surface area contributed by atoms with Crippen LogP contribution in [-0.4, -0.2) is 32.6 Å². The highest BCUT2D eigenvalue weighted by Crippen LogP contribution is 2.27. The van der Waals surface area contributed by atoms with Crippen molar-refractivity contribution in [2.75, 3.05) is 26.0 Å². The van der Waals surface area contributed by atoms with E-state index in [4.69, 9.17) is 4.74 Å². The standard InChI is InChI=1S/C24H32N4O2.HI/c1-17-10-11-18(15-22(17)30-3)12-13-26-24(25-2)27-16-19-6-4-9-21(14-19)28-23(29)20-7-5-8-20;/h4,6,9-11,14-15,20H,5,7-8,12-13,16H2,1-3H3,(H,28,29)(H2,25,26,27);1H. The second-order valence-corrected chi connectivity index (χ2v) is 7.72. The summed E-state index contributed by atoms with van der Waals surface area (Å²) in [6, 6.07) is 14.2. The summed E-state index contributed by atoms with van der Waals surface area (Å²) in [6.45, 7) is 3.44. The van der Waals surface area contributed by atoms with Crippen LogP contribution in [0.25, 0.3) is 0 Å². The minimum Gasteiger partial charge on any atom is -0.496 e. The molecule has 0 spiro atoms. The Hall–Kier alpha value is -2.29. The lowest BCUT2D eigenvalue weighted by Gasteiger charge is -2.24. The fourth-order valence-corrected chi connectivity index (χ4v) is 3.43. The monoisotopic (exact) mass is 536 g/mol. The molecule has 1 amide bonds. The molecule has 0 unspecified atom stereocenters. The van der Waals surface area contributed by atoms with Crippen LogP contribution in [0.4, 0.5) is 5.69 Å². The number of benzene rings is 2. The van der Waals surface area contributed by atoms with E-state index in [1.165, 1.54) is 5.56 Å². The first-order chi connectivity index (χ1) is 14.6. The second kappa shape index (κ2) is 12.5. The third-order valence-corrected chi connectivity index (χ3v) is 5.53. The zero-order valence-electron chi connectivity index (χ0n) is 18.5. The van der Waals surface area contributed by atoms with Gasteiger partial charge in [-0.25, -0.2) is 0 Å². The van der Waals surface area contributed by atoms with Crippen LogP contribution in [0, 0.1) is 12.8 Å². The number of anilines is 1. The lowest BCUT2D eigenvalue weighted by atomic mass is 9.85. The Balaban J connectivity index is 0.00000341. The van der Waals surface area contributed by atoms with Crippen molar-refractivity contribution in [1.82, 2.24) is 10.6 Å². The normalized spacial score (nSPS) is 13.6. The van der Waals surface area contributed by atoms with Crippen molar-refractivity contribution < 1.29 is 9.53 Å². The number of carbonyl (C=O) groups is 1. The molecule has 1 fully saturated rings. The molecule has 2 aromatic carbocycles. The van der Waals surface area contributed by atoms with E-state index in [-0.39, 0.29) is 35.8 Å². The van der Waals surface area contributed by atoms with E-state index in [0.29, 0.717) is 6.54 Å². The number of hydrogen-bond acceptors (Lipinski definition) is 3. The third-order valence-electron chi connectivity index (χ3n) is 5.53. The van der Waals surface area contributed by atoms with E-state index in [0.717, 1.165) is 60.8 Å². The van der Waals surface area contributed by atoms with Gasteiger partial charge in [0.15, 0.2) is 5.96 Å². The number of amides is 1. The number of aryl methyl sites for hydroxylation is 1. The topological polar surface area (TPSA) is 74.8 Å². The summed E-state index contributed by atoms with van der Waals surface area (Å²) in [5, 5.41) is 9.71. The van der Waals surface area contributed by atoms with Gasteiger partial charge in [0.1, 0.15) is 5.75 Å². The van der Waals surface area contributed by atoms with Gasteiger partial charge in [-0.15, -0.1) is 24.0 Å². The Morgan fingerprint density at radius 3 is 2.61 bits per heavy atom. The molecule has 1 saturated carbocycles. The first-order valence-corrected chi connectivity index (χ1v) is 10.6. The van der Waals surface area contributed by atoms with E-state index in [2.05, 4.69) is 39.1 Å². The highest BCUT2D eigenvalue weighted by atomic mass is 127. The van der Waals surface area contributed by atoms with Crippen molar-refractivity contribution >= 4 is 41.5 Å². The molecule has 0 radical (unpaired) electrons. The fraction of sp³-hybridized carbons (Fsp3) is 0.417. The Bertz CT molecular complexity index is 897. The van der Waals surface area contributed by atoms with Crippen LogP contribution in [0.1, 0.15) is 36.0 Å². The number of rotatable bonds is 8. The van der Waals surface area contributed by atoms with Gasteiger partial charge >= 0.3 is 0 Å². The molecule has 0 aliphatic heterocycles. The Morgan fingerprint density at radius 1 is 1.13 bits per heavy atom. The molecule has 1 aliphatic carbocycles. The number of ether oxygens (including phenoxy) is 1. The maximum atomic E-state index is 12.1. The molecular formula is C24H33IN4O2. The van der Waals surface area contributed by atoms with Crippen LogP contribution < -0.4 is 20.7 Å². The van der Waals surface area contributed by atoms with Gasteiger partial charge in [-0.1, -0.05) is 30.7 Å². The molecule has 0 atom stereocenters. The van der Waals surface area contributed by atoms with Gasteiger partial charge in [0.2, 0.25) is 5.91 Å². The minimum atomic E-state index is 0. The largest absolute Gasteiger partial charge is 0.496 e. The smallest absolute Gasteiger partial charge is 0.227 e. The van der Waals surface area contributed by atoms with E-state index < -0.39 is 0 Å². The van der Waals surface area contributed by atoms with Crippen LogP contribution in [0.15, 0.2) is 47.5 Å². The van der Waals surface area contributed by atoms with Crippen LogP contribution in [0.3, 0.4) is 0 Å². The van der Waals surface area contributed by atoms with E-state index in [1.54, 1.807) is 14.2 Å². The second-order valence-electron chi connectivity index (χ2n) is 7.72. The minimum absolute atomic E-state index is 0. The maximum Gasteiger partial charge on any atom is 0.227 e. The summed E-state index contributed by atoms with van der Waals surface area (Å²) < 4.78 is 5.40. The molecule has 6 nitrogen and oxygen atoms in total. The number of nitrogens with one attached hydrogen (secondary N) is 3. The maximum absolute atomic E-state index is 12.1. The molecule has 0 aromatic heterocycles. The molecule has 7 heteroatoms. The molecule has 0 heterocycles.